The number of ether oxygens (including phenoxy) is 3. The number of nitro groups is 1. The van der Waals surface area contributed by atoms with Crippen LogP contribution in [0.15, 0.2) is 77.3 Å². The summed E-state index contributed by atoms with van der Waals surface area (Å²) in [6.45, 7) is 0.167. The largest absolute Gasteiger partial charge is 0.496 e. The fourth-order valence-electron chi connectivity index (χ4n) is 4.61. The third-order valence-corrected chi connectivity index (χ3v) is 6.63. The second-order valence-electron chi connectivity index (χ2n) is 8.38. The summed E-state index contributed by atoms with van der Waals surface area (Å²) in [5, 5.41) is 15.1. The summed E-state index contributed by atoms with van der Waals surface area (Å²) in [6, 6.07) is 18.7. The quantitative estimate of drug-likeness (QED) is 0.209. The number of aromatic nitrogens is 1. The number of nitro benzene ring substituents is 1. The third-order valence-electron chi connectivity index (χ3n) is 6.31. The van der Waals surface area contributed by atoms with Gasteiger partial charge in [-0.25, -0.2) is 0 Å². The molecular formula is C26H20N4O6S. The van der Waals surface area contributed by atoms with Gasteiger partial charge in [-0.1, -0.05) is 6.07 Å². The van der Waals surface area contributed by atoms with E-state index in [0.29, 0.717) is 39.4 Å². The molecule has 1 N–H and O–H groups in total. The summed E-state index contributed by atoms with van der Waals surface area (Å²) in [7, 11) is 1.46. The van der Waals surface area contributed by atoms with Crippen LogP contribution in [0, 0.1) is 10.1 Å². The molecule has 0 unspecified atom stereocenters. The van der Waals surface area contributed by atoms with Crippen molar-refractivity contribution < 1.29 is 23.6 Å². The Balaban J connectivity index is 1.44. The van der Waals surface area contributed by atoms with Gasteiger partial charge in [0.1, 0.15) is 23.3 Å². The highest BCUT2D eigenvalue weighted by Crippen LogP contribution is 2.46. The van der Waals surface area contributed by atoms with Crippen LogP contribution in [0.3, 0.4) is 0 Å². The van der Waals surface area contributed by atoms with Crippen LogP contribution in [0.1, 0.15) is 23.5 Å². The van der Waals surface area contributed by atoms with E-state index in [1.807, 2.05) is 53.4 Å². The van der Waals surface area contributed by atoms with E-state index in [4.69, 9.17) is 30.8 Å². The zero-order valence-corrected chi connectivity index (χ0v) is 20.3. The molecule has 1 saturated heterocycles. The minimum Gasteiger partial charge on any atom is -0.496 e. The molecule has 2 aromatic heterocycles. The molecule has 4 aromatic rings. The van der Waals surface area contributed by atoms with E-state index in [1.54, 1.807) is 12.3 Å². The Morgan fingerprint density at radius 3 is 2.76 bits per heavy atom. The van der Waals surface area contributed by atoms with Gasteiger partial charge in [0.15, 0.2) is 16.6 Å². The van der Waals surface area contributed by atoms with Crippen molar-refractivity contribution in [1.29, 1.82) is 0 Å². The Labute approximate surface area is 216 Å². The lowest BCUT2D eigenvalue weighted by molar-refractivity contribution is -0.384. The molecule has 2 aliphatic rings. The summed E-state index contributed by atoms with van der Waals surface area (Å²) in [4.78, 5) is 17.3. The highest BCUT2D eigenvalue weighted by molar-refractivity contribution is 7.80. The minimum absolute atomic E-state index is 0.0677. The van der Waals surface area contributed by atoms with Crippen LogP contribution in [0.5, 0.6) is 17.2 Å². The number of rotatable bonds is 6. The summed E-state index contributed by atoms with van der Waals surface area (Å²) in [5.74, 6) is 2.77. The first kappa shape index (κ1) is 22.8. The molecule has 0 radical (unpaired) electrons. The average Bonchev–Trinajstić information content (AvgIpc) is 3.66. The normalized spacial score (nSPS) is 18.1. The Kier molecular flexibility index (Phi) is 5.61. The van der Waals surface area contributed by atoms with E-state index in [0.717, 1.165) is 11.4 Å². The Morgan fingerprint density at radius 2 is 1.97 bits per heavy atom. The van der Waals surface area contributed by atoms with Gasteiger partial charge in [0.25, 0.3) is 5.69 Å². The number of non-ortho nitro benzene ring substituents is 1. The molecule has 0 spiro atoms. The van der Waals surface area contributed by atoms with Crippen molar-refractivity contribution in [3.63, 3.8) is 0 Å². The van der Waals surface area contributed by atoms with E-state index in [2.05, 4.69) is 10.3 Å². The van der Waals surface area contributed by atoms with E-state index < -0.39 is 4.92 Å². The molecule has 4 heterocycles. The second kappa shape index (κ2) is 9.10. The number of nitrogens with zero attached hydrogens (tertiary/aromatic N) is 3. The number of hydrogen-bond acceptors (Lipinski definition) is 8. The van der Waals surface area contributed by atoms with Crippen molar-refractivity contribution >= 4 is 28.7 Å². The van der Waals surface area contributed by atoms with Crippen LogP contribution in [0.25, 0.3) is 11.3 Å². The molecule has 0 aliphatic carbocycles. The third kappa shape index (κ3) is 3.99. The first-order valence-electron chi connectivity index (χ1n) is 11.4. The number of pyridine rings is 1. The van der Waals surface area contributed by atoms with Gasteiger partial charge in [0.05, 0.1) is 35.4 Å². The van der Waals surface area contributed by atoms with E-state index in [1.165, 1.54) is 19.2 Å². The van der Waals surface area contributed by atoms with Gasteiger partial charge in [0, 0.05) is 24.0 Å². The molecule has 10 nitrogen and oxygen atoms in total. The summed E-state index contributed by atoms with van der Waals surface area (Å²) in [5.41, 5.74) is 2.12. The molecule has 11 heteroatoms. The second-order valence-corrected chi connectivity index (χ2v) is 8.76. The molecular weight excluding hydrogens is 496 g/mol. The molecule has 0 amide bonds. The lowest BCUT2D eigenvalue weighted by Gasteiger charge is -2.26. The zero-order valence-electron chi connectivity index (χ0n) is 19.5. The first-order valence-corrected chi connectivity index (χ1v) is 11.8. The molecule has 6 rings (SSSR count). The summed E-state index contributed by atoms with van der Waals surface area (Å²) in [6.07, 6.45) is 1.73. The fraction of sp³-hybridized carbons (Fsp3) is 0.154. The maximum Gasteiger partial charge on any atom is 0.273 e. The standard InChI is InChI=1S/C26H20N4O6S/c1-33-22-13-16(30(31)32)5-7-17(22)19-9-10-21(36-19)25-24(18-4-2-3-11-27-18)28-26(37)29(25)15-6-8-20-23(12-15)35-14-34-20/h2-13,24-25H,14H2,1H3,(H,28,37)/t24-,25+/m0/s1. The van der Waals surface area contributed by atoms with Crippen molar-refractivity contribution in [1.82, 2.24) is 10.3 Å². The van der Waals surface area contributed by atoms with Gasteiger partial charge in [-0.15, -0.1) is 0 Å². The molecule has 2 atom stereocenters. The number of hydrogen-bond donors (Lipinski definition) is 1. The van der Waals surface area contributed by atoms with E-state index >= 15 is 0 Å². The Bertz CT molecular complexity index is 1510. The maximum atomic E-state index is 11.2. The van der Waals surface area contributed by atoms with Crippen LogP contribution in [-0.2, 0) is 0 Å². The van der Waals surface area contributed by atoms with E-state index in [9.17, 15) is 10.1 Å². The Hall–Kier alpha value is -4.64. The van der Waals surface area contributed by atoms with Crippen molar-refractivity contribution in [3.8, 4) is 28.6 Å². The number of thiocarbonyl (C=S) groups is 1. The van der Waals surface area contributed by atoms with Crippen LogP contribution in [-0.4, -0.2) is 28.9 Å². The highest BCUT2D eigenvalue weighted by Gasteiger charge is 2.43. The minimum atomic E-state index is -0.467. The number of furan rings is 1. The van der Waals surface area contributed by atoms with Crippen molar-refractivity contribution in [2.45, 2.75) is 12.1 Å². The lowest BCUT2D eigenvalue weighted by atomic mass is 10.0. The molecule has 2 aromatic carbocycles. The number of anilines is 1. The lowest BCUT2D eigenvalue weighted by Crippen LogP contribution is -2.29. The van der Waals surface area contributed by atoms with Gasteiger partial charge in [-0.05, 0) is 54.7 Å². The first-order chi connectivity index (χ1) is 18.0. The highest BCUT2D eigenvalue weighted by atomic mass is 32.1. The van der Waals surface area contributed by atoms with Crippen LogP contribution in [0.2, 0.25) is 0 Å². The SMILES string of the molecule is COc1cc([N+](=O)[O-])ccc1-c1ccc([C@@H]2[C@H](c3ccccn3)NC(=S)N2c2ccc3c(c2)OCO3)o1. The topological polar surface area (TPSA) is 112 Å². The van der Waals surface area contributed by atoms with Crippen molar-refractivity contribution in [3.05, 3.63) is 94.5 Å². The van der Waals surface area contributed by atoms with Crippen molar-refractivity contribution in [2.75, 3.05) is 18.8 Å². The van der Waals surface area contributed by atoms with Gasteiger partial charge in [0.2, 0.25) is 6.79 Å². The Morgan fingerprint density at radius 1 is 1.11 bits per heavy atom. The monoisotopic (exact) mass is 516 g/mol. The van der Waals surface area contributed by atoms with Gasteiger partial charge in [-0.2, -0.15) is 0 Å². The van der Waals surface area contributed by atoms with E-state index in [-0.39, 0.29) is 24.6 Å². The smallest absolute Gasteiger partial charge is 0.273 e. The predicted molar refractivity (Wildman–Crippen MR) is 138 cm³/mol. The summed E-state index contributed by atoms with van der Waals surface area (Å²) >= 11 is 5.77. The maximum absolute atomic E-state index is 11.2. The number of benzene rings is 2. The van der Waals surface area contributed by atoms with Crippen LogP contribution in [0.4, 0.5) is 11.4 Å². The van der Waals surface area contributed by atoms with Crippen LogP contribution < -0.4 is 24.4 Å². The molecule has 37 heavy (non-hydrogen) atoms. The predicted octanol–water partition coefficient (Wildman–Crippen LogP) is 5.16. The number of fused-ring (bicyclic) bond motifs is 1. The average molecular weight is 517 g/mol. The van der Waals surface area contributed by atoms with Crippen LogP contribution >= 0.6 is 12.2 Å². The zero-order chi connectivity index (χ0) is 25.5. The van der Waals surface area contributed by atoms with Crippen molar-refractivity contribution in [2.24, 2.45) is 0 Å². The van der Waals surface area contributed by atoms with Gasteiger partial charge in [-0.3, -0.25) is 15.1 Å². The fourth-order valence-corrected chi connectivity index (χ4v) is 4.96. The number of methoxy groups -OCH3 is 1. The molecule has 1 fully saturated rings. The molecule has 0 bridgehead atoms. The number of nitrogens with one attached hydrogen (secondary N) is 1. The molecule has 2 aliphatic heterocycles. The molecule has 186 valence electrons. The van der Waals surface area contributed by atoms with Gasteiger partial charge >= 0.3 is 0 Å². The van der Waals surface area contributed by atoms with Gasteiger partial charge < -0.3 is 28.8 Å². The molecule has 0 saturated carbocycles. The summed E-state index contributed by atoms with van der Waals surface area (Å²) < 4.78 is 22.8.